The second-order valence-electron chi connectivity index (χ2n) is 4.27. The first-order valence-electron chi connectivity index (χ1n) is 5.66. The summed E-state index contributed by atoms with van der Waals surface area (Å²) in [7, 11) is 0. The summed E-state index contributed by atoms with van der Waals surface area (Å²) in [5, 5.41) is 7.43. The van der Waals surface area contributed by atoms with Crippen molar-refractivity contribution in [2.24, 2.45) is 16.0 Å². The number of nitrogens with zero attached hydrogens (tertiary/aromatic N) is 2. The number of rotatable bonds is 3. The minimum atomic E-state index is -0.0933. The van der Waals surface area contributed by atoms with Gasteiger partial charge in [-0.15, -0.1) is 0 Å². The Bertz CT molecular complexity index is 450. The monoisotopic (exact) mass is 296 g/mol. The number of hydrogen-bond acceptors (Lipinski definition) is 3. The Kier molecular flexibility index (Phi) is 2.88. The fourth-order valence-electron chi connectivity index (χ4n) is 1.65. The van der Waals surface area contributed by atoms with E-state index >= 15 is 0 Å². The van der Waals surface area contributed by atoms with E-state index in [1.165, 1.54) is 12.8 Å². The van der Waals surface area contributed by atoms with Crippen LogP contribution in [0.5, 0.6) is 0 Å². The van der Waals surface area contributed by atoms with Crippen LogP contribution >= 0.6 is 15.9 Å². The average Bonchev–Trinajstić information content (AvgIpc) is 3.01. The summed E-state index contributed by atoms with van der Waals surface area (Å²) in [6, 6.07) is 3.68. The fraction of sp³-hybridized carbons (Fsp3) is 0.455. The molecule has 1 aliphatic carbocycles. The van der Waals surface area contributed by atoms with Crippen LogP contribution in [-0.4, -0.2) is 17.1 Å². The molecule has 0 radical (unpaired) electrons. The molecule has 0 bridgehead atoms. The van der Waals surface area contributed by atoms with Crippen molar-refractivity contribution in [2.45, 2.75) is 18.9 Å². The highest BCUT2D eigenvalue weighted by Crippen LogP contribution is 2.29. The molecule has 0 amide bonds. The van der Waals surface area contributed by atoms with Crippen LogP contribution in [0.4, 0.5) is 0 Å². The summed E-state index contributed by atoms with van der Waals surface area (Å²) in [6.07, 6.45) is 4.25. The van der Waals surface area contributed by atoms with Crippen molar-refractivity contribution in [3.63, 3.8) is 0 Å². The summed E-state index contributed by atoms with van der Waals surface area (Å²) in [5.74, 6) is 2.30. The van der Waals surface area contributed by atoms with E-state index in [9.17, 15) is 0 Å². The summed E-state index contributed by atoms with van der Waals surface area (Å²) < 4.78 is 6.14. The average molecular weight is 297 g/mol. The molecule has 0 aromatic carbocycles. The van der Waals surface area contributed by atoms with Crippen molar-refractivity contribution < 1.29 is 4.42 Å². The van der Waals surface area contributed by atoms with E-state index in [1.54, 1.807) is 6.26 Å². The lowest BCUT2D eigenvalue weighted by molar-refractivity contribution is 0.485. The molecule has 0 spiro atoms. The number of aliphatic imine (C=N–C) groups is 1. The Balaban J connectivity index is 1.73. The van der Waals surface area contributed by atoms with Gasteiger partial charge in [-0.1, -0.05) is 0 Å². The lowest BCUT2D eigenvalue weighted by Gasteiger charge is -2.22. The molecule has 1 aliphatic heterocycles. The molecule has 3 rings (SSSR count). The Hall–Kier alpha value is -1.30. The van der Waals surface area contributed by atoms with Crippen molar-refractivity contribution in [1.82, 2.24) is 10.7 Å². The van der Waals surface area contributed by atoms with Crippen LogP contribution in [0.3, 0.4) is 0 Å². The maximum atomic E-state index is 5.37. The lowest BCUT2D eigenvalue weighted by atomic mass is 10.2. The molecule has 6 heteroatoms. The van der Waals surface area contributed by atoms with Crippen LogP contribution in [-0.2, 0) is 0 Å². The van der Waals surface area contributed by atoms with Gasteiger partial charge < -0.3 is 9.73 Å². The third-order valence-electron chi connectivity index (χ3n) is 2.82. The van der Waals surface area contributed by atoms with Gasteiger partial charge in [-0.3, -0.25) is 4.99 Å². The van der Waals surface area contributed by atoms with E-state index in [2.05, 4.69) is 36.8 Å². The quantitative estimate of drug-likeness (QED) is 0.897. The van der Waals surface area contributed by atoms with Gasteiger partial charge in [-0.25, -0.2) is 5.43 Å². The van der Waals surface area contributed by atoms with Crippen LogP contribution < -0.4 is 10.7 Å². The number of furan rings is 1. The van der Waals surface area contributed by atoms with E-state index in [-0.39, 0.29) is 6.04 Å². The molecule has 2 heterocycles. The normalized spacial score (nSPS) is 26.3. The molecule has 1 saturated carbocycles. The second-order valence-corrected chi connectivity index (χ2v) is 5.08. The molecule has 1 aromatic heterocycles. The minimum absolute atomic E-state index is 0.0933. The number of halogens is 1. The summed E-state index contributed by atoms with van der Waals surface area (Å²) in [5.41, 5.74) is 2.88. The fourth-order valence-corrected chi connectivity index (χ4v) is 2.07. The Morgan fingerprint density at radius 3 is 3.12 bits per heavy atom. The third-order valence-corrected chi connectivity index (χ3v) is 3.46. The number of hydrazone groups is 1. The van der Waals surface area contributed by atoms with Crippen molar-refractivity contribution in [3.8, 4) is 0 Å². The van der Waals surface area contributed by atoms with E-state index < -0.39 is 0 Å². The van der Waals surface area contributed by atoms with Gasteiger partial charge in [0.15, 0.2) is 0 Å². The zero-order valence-electron chi connectivity index (χ0n) is 9.19. The van der Waals surface area contributed by atoms with Crippen LogP contribution in [0.15, 0.2) is 32.9 Å². The molecule has 1 atom stereocenters. The molecule has 0 saturated heterocycles. The van der Waals surface area contributed by atoms with E-state index in [1.807, 2.05) is 12.1 Å². The molecule has 2 aliphatic rings. The van der Waals surface area contributed by atoms with Gasteiger partial charge in [0.2, 0.25) is 5.96 Å². The first-order valence-corrected chi connectivity index (χ1v) is 6.45. The van der Waals surface area contributed by atoms with Crippen LogP contribution in [0.1, 0.15) is 24.6 Å². The van der Waals surface area contributed by atoms with Crippen LogP contribution in [0.25, 0.3) is 0 Å². The van der Waals surface area contributed by atoms with Crippen LogP contribution in [0, 0.1) is 5.92 Å². The van der Waals surface area contributed by atoms with Gasteiger partial charge in [0, 0.05) is 6.54 Å². The zero-order chi connectivity index (χ0) is 11.7. The molecule has 90 valence electrons. The maximum absolute atomic E-state index is 5.37. The van der Waals surface area contributed by atoms with Crippen LogP contribution in [0.2, 0.25) is 0 Å². The highest BCUT2D eigenvalue weighted by Gasteiger charge is 2.25. The maximum Gasteiger partial charge on any atom is 0.213 e. The topological polar surface area (TPSA) is 61.9 Å². The van der Waals surface area contributed by atoms with E-state index in [0.29, 0.717) is 5.96 Å². The summed E-state index contributed by atoms with van der Waals surface area (Å²) in [4.78, 5) is 4.46. The first kappa shape index (κ1) is 10.8. The second kappa shape index (κ2) is 4.52. The van der Waals surface area contributed by atoms with Gasteiger partial charge in [0.05, 0.1) is 6.26 Å². The Labute approximate surface area is 107 Å². The standard InChI is InChI=1S/C11H13BrN4O/c12-10-9(8-2-1-5-17-8)14-11(16-15-10)13-6-7-3-4-7/h1-2,5,7,9H,3-4,6H2,(H2,13,14,16). The van der Waals surface area contributed by atoms with E-state index in [0.717, 1.165) is 22.8 Å². The highest BCUT2D eigenvalue weighted by atomic mass is 79.9. The number of nitrogens with one attached hydrogen (secondary N) is 2. The molecule has 1 aromatic rings. The van der Waals surface area contributed by atoms with Crippen molar-refractivity contribution in [2.75, 3.05) is 6.54 Å². The van der Waals surface area contributed by atoms with Gasteiger partial charge in [-0.2, -0.15) is 5.10 Å². The summed E-state index contributed by atoms with van der Waals surface area (Å²) >= 11 is 3.41. The highest BCUT2D eigenvalue weighted by molar-refractivity contribution is 9.18. The lowest BCUT2D eigenvalue weighted by Crippen LogP contribution is -2.44. The summed E-state index contributed by atoms with van der Waals surface area (Å²) in [6.45, 7) is 0.868. The van der Waals surface area contributed by atoms with Crippen molar-refractivity contribution >= 4 is 26.5 Å². The van der Waals surface area contributed by atoms with Gasteiger partial charge >= 0.3 is 0 Å². The first-order chi connectivity index (χ1) is 8.33. The molecule has 2 N–H and O–H groups in total. The number of hydrogen-bond donors (Lipinski definition) is 2. The van der Waals surface area contributed by atoms with Crippen molar-refractivity contribution in [1.29, 1.82) is 0 Å². The van der Waals surface area contributed by atoms with E-state index in [4.69, 9.17) is 4.42 Å². The molecular formula is C11H13BrN4O. The molecule has 5 nitrogen and oxygen atoms in total. The smallest absolute Gasteiger partial charge is 0.213 e. The Morgan fingerprint density at radius 2 is 2.41 bits per heavy atom. The molecule has 17 heavy (non-hydrogen) atoms. The molecule has 1 fully saturated rings. The SMILES string of the molecule is BrC1=NNC(=NCC2CC2)NC1c1ccco1. The minimum Gasteiger partial charge on any atom is -0.467 e. The van der Waals surface area contributed by atoms with Gasteiger partial charge in [0.1, 0.15) is 16.4 Å². The largest absolute Gasteiger partial charge is 0.467 e. The molecule has 1 unspecified atom stereocenters. The third kappa shape index (κ3) is 2.52. The predicted molar refractivity (Wildman–Crippen MR) is 69.1 cm³/mol. The Morgan fingerprint density at radius 1 is 1.53 bits per heavy atom. The van der Waals surface area contributed by atoms with Gasteiger partial charge in [-0.05, 0) is 46.8 Å². The number of guanidine groups is 1. The van der Waals surface area contributed by atoms with Gasteiger partial charge in [0.25, 0.3) is 0 Å². The zero-order valence-corrected chi connectivity index (χ0v) is 10.8. The molecular weight excluding hydrogens is 284 g/mol. The van der Waals surface area contributed by atoms with Crippen molar-refractivity contribution in [3.05, 3.63) is 24.2 Å². The predicted octanol–water partition coefficient (Wildman–Crippen LogP) is 1.99.